The second kappa shape index (κ2) is 9.76. The van der Waals surface area contributed by atoms with Gasteiger partial charge in [0, 0.05) is 5.02 Å². The third-order valence-electron chi connectivity index (χ3n) is 4.99. The second-order valence-corrected chi connectivity index (χ2v) is 7.52. The summed E-state index contributed by atoms with van der Waals surface area (Å²) in [4.78, 5) is 25.0. The molecule has 154 valence electrons. The van der Waals surface area contributed by atoms with Crippen LogP contribution in [0, 0.1) is 0 Å². The summed E-state index contributed by atoms with van der Waals surface area (Å²) in [5.41, 5.74) is 2.97. The van der Waals surface area contributed by atoms with Crippen LogP contribution in [0.3, 0.4) is 0 Å². The Morgan fingerprint density at radius 1 is 0.800 bits per heavy atom. The number of hydroxylamine groups is 4. The van der Waals surface area contributed by atoms with Crippen molar-refractivity contribution in [3.05, 3.63) is 107 Å². The summed E-state index contributed by atoms with van der Waals surface area (Å²) < 4.78 is 0. The number of hydrogen-bond donors (Lipinski definition) is 0. The summed E-state index contributed by atoms with van der Waals surface area (Å²) in [6, 6.07) is 26.5. The molecular weight excluding hydrogens is 400 g/mol. The Kier molecular flexibility index (Phi) is 6.64. The van der Waals surface area contributed by atoms with Crippen molar-refractivity contribution in [2.45, 2.75) is 25.7 Å². The van der Waals surface area contributed by atoms with Gasteiger partial charge in [0.2, 0.25) is 0 Å². The van der Waals surface area contributed by atoms with Crippen LogP contribution in [0.5, 0.6) is 0 Å². The maximum absolute atomic E-state index is 13.2. The van der Waals surface area contributed by atoms with Gasteiger partial charge in [-0.05, 0) is 35.2 Å². The van der Waals surface area contributed by atoms with Crippen LogP contribution in [0.4, 0.5) is 4.79 Å². The summed E-state index contributed by atoms with van der Waals surface area (Å²) in [6.45, 7) is 1.10. The molecule has 0 N–H and O–H groups in total. The third kappa shape index (κ3) is 5.00. The third-order valence-corrected chi connectivity index (χ3v) is 5.24. The molecular formula is C24H23ClN2O3. The zero-order chi connectivity index (χ0) is 20.8. The van der Waals surface area contributed by atoms with Crippen LogP contribution in [-0.4, -0.2) is 22.7 Å². The molecule has 0 bridgehead atoms. The number of carbonyl (C=O) groups is 1. The Labute approximate surface area is 181 Å². The van der Waals surface area contributed by atoms with E-state index >= 15 is 0 Å². The monoisotopic (exact) mass is 422 g/mol. The van der Waals surface area contributed by atoms with Crippen molar-refractivity contribution in [3.63, 3.8) is 0 Å². The summed E-state index contributed by atoms with van der Waals surface area (Å²) in [5, 5.41) is 3.46. The maximum Gasteiger partial charge on any atom is 0.368 e. The molecule has 1 atom stereocenters. The highest BCUT2D eigenvalue weighted by Gasteiger charge is 2.36. The van der Waals surface area contributed by atoms with Crippen LogP contribution >= 0.6 is 11.6 Å². The van der Waals surface area contributed by atoms with Gasteiger partial charge in [0.05, 0.1) is 12.6 Å². The molecule has 0 unspecified atom stereocenters. The lowest BCUT2D eigenvalue weighted by atomic mass is 10.0. The minimum Gasteiger partial charge on any atom is -0.265 e. The number of nitrogens with zero attached hydrogens (tertiary/aromatic N) is 2. The van der Waals surface area contributed by atoms with E-state index in [0.29, 0.717) is 31.2 Å². The normalized spacial score (nSPS) is 16.7. The number of benzene rings is 3. The van der Waals surface area contributed by atoms with Crippen LogP contribution in [0.1, 0.15) is 29.2 Å². The number of carbonyl (C=O) groups excluding carboxylic acids is 1. The zero-order valence-corrected chi connectivity index (χ0v) is 17.2. The Morgan fingerprint density at radius 2 is 1.37 bits per heavy atom. The lowest BCUT2D eigenvalue weighted by Crippen LogP contribution is -2.50. The van der Waals surface area contributed by atoms with Gasteiger partial charge in [0.25, 0.3) is 0 Å². The van der Waals surface area contributed by atoms with E-state index in [0.717, 1.165) is 16.7 Å². The predicted octanol–water partition coefficient (Wildman–Crippen LogP) is 5.77. The first kappa shape index (κ1) is 20.4. The largest absolute Gasteiger partial charge is 0.368 e. The molecule has 3 aromatic carbocycles. The molecule has 30 heavy (non-hydrogen) atoms. The molecule has 5 nitrogen and oxygen atoms in total. The van der Waals surface area contributed by atoms with E-state index in [1.165, 1.54) is 10.1 Å². The lowest BCUT2D eigenvalue weighted by Gasteiger charge is -2.39. The molecule has 4 rings (SSSR count). The van der Waals surface area contributed by atoms with Gasteiger partial charge in [-0.1, -0.05) is 84.4 Å². The molecule has 1 heterocycles. The minimum atomic E-state index is -0.312. The van der Waals surface area contributed by atoms with Crippen molar-refractivity contribution in [1.29, 1.82) is 0 Å². The molecule has 6 heteroatoms. The predicted molar refractivity (Wildman–Crippen MR) is 115 cm³/mol. The van der Waals surface area contributed by atoms with E-state index in [1.807, 2.05) is 84.9 Å². The highest BCUT2D eigenvalue weighted by molar-refractivity contribution is 6.30. The highest BCUT2D eigenvalue weighted by atomic mass is 35.5. The molecule has 1 aliphatic rings. The Hall–Kier alpha value is -2.86. The molecule has 1 saturated heterocycles. The quantitative estimate of drug-likeness (QED) is 0.485. The van der Waals surface area contributed by atoms with E-state index in [-0.39, 0.29) is 12.1 Å². The summed E-state index contributed by atoms with van der Waals surface area (Å²) in [6.07, 6.45) is 0.678. The standard InChI is InChI=1S/C24H23ClN2O3/c25-22-13-11-21(12-14-22)23-15-16-26(29-17-19-7-3-1-4-8-19)24(28)27(23)30-18-20-9-5-2-6-10-20/h1-14,23H,15-18H2/t23-/m0/s1. The van der Waals surface area contributed by atoms with Crippen LogP contribution in [0.25, 0.3) is 0 Å². The lowest BCUT2D eigenvalue weighted by molar-refractivity contribution is -0.228. The topological polar surface area (TPSA) is 42.0 Å². The van der Waals surface area contributed by atoms with Crippen LogP contribution in [0.15, 0.2) is 84.9 Å². The first-order valence-electron chi connectivity index (χ1n) is 9.90. The molecule has 0 radical (unpaired) electrons. The molecule has 3 aromatic rings. The SMILES string of the molecule is O=C1N(OCc2ccccc2)CC[C@@H](c2ccc(Cl)cc2)N1OCc1ccccc1. The Morgan fingerprint density at radius 3 is 1.97 bits per heavy atom. The van der Waals surface area contributed by atoms with Gasteiger partial charge in [-0.3, -0.25) is 9.68 Å². The maximum atomic E-state index is 13.2. The van der Waals surface area contributed by atoms with E-state index in [4.69, 9.17) is 21.3 Å². The van der Waals surface area contributed by atoms with Crippen molar-refractivity contribution < 1.29 is 14.5 Å². The average Bonchev–Trinajstić information content (AvgIpc) is 2.79. The highest BCUT2D eigenvalue weighted by Crippen LogP contribution is 2.32. The molecule has 1 fully saturated rings. The fourth-order valence-electron chi connectivity index (χ4n) is 3.39. The van der Waals surface area contributed by atoms with E-state index in [2.05, 4.69) is 0 Å². The average molecular weight is 423 g/mol. The van der Waals surface area contributed by atoms with Gasteiger partial charge in [0.15, 0.2) is 0 Å². The van der Waals surface area contributed by atoms with Crippen molar-refractivity contribution in [3.8, 4) is 0 Å². The number of halogens is 1. The van der Waals surface area contributed by atoms with E-state index in [9.17, 15) is 4.79 Å². The van der Waals surface area contributed by atoms with Gasteiger partial charge >= 0.3 is 6.03 Å². The number of hydrogen-bond acceptors (Lipinski definition) is 3. The van der Waals surface area contributed by atoms with E-state index < -0.39 is 0 Å². The fourth-order valence-corrected chi connectivity index (χ4v) is 3.52. The van der Waals surface area contributed by atoms with Gasteiger partial charge in [-0.15, -0.1) is 0 Å². The first-order chi connectivity index (χ1) is 14.7. The second-order valence-electron chi connectivity index (χ2n) is 7.08. The van der Waals surface area contributed by atoms with E-state index in [1.54, 1.807) is 0 Å². The van der Waals surface area contributed by atoms with Crippen LogP contribution in [-0.2, 0) is 22.9 Å². The molecule has 0 spiro atoms. The molecule has 2 amide bonds. The van der Waals surface area contributed by atoms with Crippen molar-refractivity contribution >= 4 is 17.6 Å². The molecule has 0 aromatic heterocycles. The van der Waals surface area contributed by atoms with Crippen molar-refractivity contribution in [1.82, 2.24) is 10.1 Å². The van der Waals surface area contributed by atoms with Gasteiger partial charge in [-0.25, -0.2) is 9.86 Å². The van der Waals surface area contributed by atoms with Crippen LogP contribution < -0.4 is 0 Å². The summed E-state index contributed by atoms with van der Waals surface area (Å²) in [7, 11) is 0. The van der Waals surface area contributed by atoms with Crippen LogP contribution in [0.2, 0.25) is 5.02 Å². The summed E-state index contributed by atoms with van der Waals surface area (Å²) in [5.74, 6) is 0. The first-order valence-corrected chi connectivity index (χ1v) is 10.3. The molecule has 0 aliphatic carbocycles. The van der Waals surface area contributed by atoms with Gasteiger partial charge in [0.1, 0.15) is 13.2 Å². The van der Waals surface area contributed by atoms with Gasteiger partial charge in [-0.2, -0.15) is 5.06 Å². The Balaban J connectivity index is 1.49. The molecule has 1 aliphatic heterocycles. The number of urea groups is 1. The number of amides is 2. The fraction of sp³-hybridized carbons (Fsp3) is 0.208. The van der Waals surface area contributed by atoms with Crippen molar-refractivity contribution in [2.75, 3.05) is 6.54 Å². The number of rotatable bonds is 7. The van der Waals surface area contributed by atoms with Crippen molar-refractivity contribution in [2.24, 2.45) is 0 Å². The van der Waals surface area contributed by atoms with Gasteiger partial charge < -0.3 is 0 Å². The summed E-state index contributed by atoms with van der Waals surface area (Å²) >= 11 is 6.04. The molecule has 0 saturated carbocycles. The zero-order valence-electron chi connectivity index (χ0n) is 16.5. The smallest absolute Gasteiger partial charge is 0.265 e. The minimum absolute atomic E-state index is 0.213. The Bertz CT molecular complexity index is 951.